The van der Waals surface area contributed by atoms with Crippen molar-refractivity contribution in [3.05, 3.63) is 35.4 Å². The molecule has 94 valence electrons. The molecule has 1 amide bonds. The molecule has 1 aromatic rings. The normalized spacial score (nSPS) is 22.4. The van der Waals surface area contributed by atoms with Crippen molar-refractivity contribution in [1.29, 1.82) is 5.26 Å². The lowest BCUT2D eigenvalue weighted by Crippen LogP contribution is -2.33. The third-order valence-corrected chi connectivity index (χ3v) is 3.38. The van der Waals surface area contributed by atoms with Gasteiger partial charge < -0.3 is 10.6 Å². The van der Waals surface area contributed by atoms with Crippen molar-refractivity contribution >= 4 is 5.91 Å². The summed E-state index contributed by atoms with van der Waals surface area (Å²) in [6.45, 7) is 4.23. The monoisotopic (exact) mass is 243 g/mol. The maximum absolute atomic E-state index is 12.0. The summed E-state index contributed by atoms with van der Waals surface area (Å²) in [4.78, 5) is 12.0. The first-order chi connectivity index (χ1) is 8.70. The van der Waals surface area contributed by atoms with E-state index in [0.717, 1.165) is 18.7 Å². The lowest BCUT2D eigenvalue weighted by Gasteiger charge is -2.14. The first-order valence-electron chi connectivity index (χ1n) is 6.18. The molecular weight excluding hydrogens is 226 g/mol. The SMILES string of the molecule is CC1CNCC1C(=O)NCc1cccc(C#N)c1. The van der Waals surface area contributed by atoms with E-state index in [0.29, 0.717) is 18.0 Å². The first kappa shape index (κ1) is 12.6. The third-order valence-electron chi connectivity index (χ3n) is 3.38. The van der Waals surface area contributed by atoms with Crippen molar-refractivity contribution in [2.24, 2.45) is 11.8 Å². The van der Waals surface area contributed by atoms with E-state index in [1.54, 1.807) is 12.1 Å². The average Bonchev–Trinajstić information content (AvgIpc) is 2.82. The van der Waals surface area contributed by atoms with Gasteiger partial charge in [-0.1, -0.05) is 19.1 Å². The molecule has 1 aliphatic rings. The molecule has 2 unspecified atom stereocenters. The fraction of sp³-hybridized carbons (Fsp3) is 0.429. The molecule has 0 radical (unpaired) electrons. The van der Waals surface area contributed by atoms with Crippen LogP contribution in [0.25, 0.3) is 0 Å². The van der Waals surface area contributed by atoms with Gasteiger partial charge in [-0.3, -0.25) is 4.79 Å². The summed E-state index contributed by atoms with van der Waals surface area (Å²) in [5.41, 5.74) is 1.58. The highest BCUT2D eigenvalue weighted by molar-refractivity contribution is 5.79. The average molecular weight is 243 g/mol. The molecule has 2 rings (SSSR count). The Labute approximate surface area is 107 Å². The van der Waals surface area contributed by atoms with Crippen LogP contribution in [0.1, 0.15) is 18.1 Å². The largest absolute Gasteiger partial charge is 0.352 e. The second kappa shape index (κ2) is 5.65. The van der Waals surface area contributed by atoms with E-state index in [1.807, 2.05) is 12.1 Å². The van der Waals surface area contributed by atoms with Gasteiger partial charge in [0, 0.05) is 13.1 Å². The predicted molar refractivity (Wildman–Crippen MR) is 68.5 cm³/mol. The lowest BCUT2D eigenvalue weighted by atomic mass is 9.97. The summed E-state index contributed by atoms with van der Waals surface area (Å²) in [5, 5.41) is 15.0. The van der Waals surface area contributed by atoms with Gasteiger partial charge >= 0.3 is 0 Å². The number of nitrogens with zero attached hydrogens (tertiary/aromatic N) is 1. The maximum atomic E-state index is 12.0. The Morgan fingerprint density at radius 1 is 1.56 bits per heavy atom. The number of nitriles is 1. The number of carbonyl (C=O) groups is 1. The van der Waals surface area contributed by atoms with Crippen LogP contribution >= 0.6 is 0 Å². The number of nitrogens with one attached hydrogen (secondary N) is 2. The summed E-state index contributed by atoms with van der Waals surface area (Å²) >= 11 is 0. The van der Waals surface area contributed by atoms with Gasteiger partial charge in [0.15, 0.2) is 0 Å². The summed E-state index contributed by atoms with van der Waals surface area (Å²) < 4.78 is 0. The van der Waals surface area contributed by atoms with Gasteiger partial charge in [-0.25, -0.2) is 0 Å². The van der Waals surface area contributed by atoms with Gasteiger partial charge in [-0.05, 0) is 30.2 Å². The molecule has 0 saturated carbocycles. The smallest absolute Gasteiger partial charge is 0.224 e. The topological polar surface area (TPSA) is 64.9 Å². The number of amides is 1. The molecule has 4 heteroatoms. The standard InChI is InChI=1S/C14H17N3O/c1-10-7-16-9-13(10)14(18)17-8-12-4-2-3-11(5-12)6-15/h2-5,10,13,16H,7-9H2,1H3,(H,17,18). The van der Waals surface area contributed by atoms with Gasteiger partial charge in [0.05, 0.1) is 17.6 Å². The van der Waals surface area contributed by atoms with Crippen molar-refractivity contribution < 1.29 is 4.79 Å². The van der Waals surface area contributed by atoms with E-state index >= 15 is 0 Å². The van der Waals surface area contributed by atoms with E-state index in [9.17, 15) is 4.79 Å². The Bertz CT molecular complexity index is 478. The van der Waals surface area contributed by atoms with Crippen LogP contribution in [0.15, 0.2) is 24.3 Å². The number of rotatable bonds is 3. The van der Waals surface area contributed by atoms with Crippen LogP contribution < -0.4 is 10.6 Å². The van der Waals surface area contributed by atoms with Gasteiger partial charge in [-0.2, -0.15) is 5.26 Å². The fourth-order valence-electron chi connectivity index (χ4n) is 2.23. The zero-order valence-electron chi connectivity index (χ0n) is 10.4. The fourth-order valence-corrected chi connectivity index (χ4v) is 2.23. The molecule has 1 saturated heterocycles. The third kappa shape index (κ3) is 2.88. The highest BCUT2D eigenvalue weighted by Crippen LogP contribution is 2.15. The zero-order valence-corrected chi connectivity index (χ0v) is 10.4. The van der Waals surface area contributed by atoms with Gasteiger partial charge in [-0.15, -0.1) is 0 Å². The molecule has 0 spiro atoms. The van der Waals surface area contributed by atoms with Crippen molar-refractivity contribution in [3.8, 4) is 6.07 Å². The quantitative estimate of drug-likeness (QED) is 0.833. The van der Waals surface area contributed by atoms with Crippen LogP contribution in [0, 0.1) is 23.2 Å². The second-order valence-electron chi connectivity index (χ2n) is 4.77. The molecule has 1 aromatic carbocycles. The summed E-state index contributed by atoms with van der Waals surface area (Å²) in [6, 6.07) is 9.40. The highest BCUT2D eigenvalue weighted by atomic mass is 16.1. The van der Waals surface area contributed by atoms with Crippen LogP contribution in [0.5, 0.6) is 0 Å². The lowest BCUT2D eigenvalue weighted by molar-refractivity contribution is -0.125. The number of hydrogen-bond acceptors (Lipinski definition) is 3. The molecular formula is C14H17N3O. The van der Waals surface area contributed by atoms with E-state index < -0.39 is 0 Å². The van der Waals surface area contributed by atoms with Crippen LogP contribution in [0.2, 0.25) is 0 Å². The maximum Gasteiger partial charge on any atom is 0.224 e. The van der Waals surface area contributed by atoms with Crippen molar-refractivity contribution in [2.45, 2.75) is 13.5 Å². The number of carbonyl (C=O) groups excluding carboxylic acids is 1. The van der Waals surface area contributed by atoms with Crippen LogP contribution in [-0.4, -0.2) is 19.0 Å². The number of hydrogen-bond donors (Lipinski definition) is 2. The van der Waals surface area contributed by atoms with Crippen LogP contribution in [0.4, 0.5) is 0 Å². The summed E-state index contributed by atoms with van der Waals surface area (Å²) in [7, 11) is 0. The minimum Gasteiger partial charge on any atom is -0.352 e. The molecule has 1 heterocycles. The second-order valence-corrected chi connectivity index (χ2v) is 4.77. The highest BCUT2D eigenvalue weighted by Gasteiger charge is 2.29. The van der Waals surface area contributed by atoms with Gasteiger partial charge in [0.2, 0.25) is 5.91 Å². The predicted octanol–water partition coefficient (Wildman–Crippen LogP) is 1.03. The van der Waals surface area contributed by atoms with Gasteiger partial charge in [0.25, 0.3) is 0 Å². The summed E-state index contributed by atoms with van der Waals surface area (Å²) in [5.74, 6) is 0.537. The van der Waals surface area contributed by atoms with Crippen molar-refractivity contribution in [1.82, 2.24) is 10.6 Å². The van der Waals surface area contributed by atoms with Crippen molar-refractivity contribution in [2.75, 3.05) is 13.1 Å². The Morgan fingerprint density at radius 2 is 2.39 bits per heavy atom. The molecule has 0 bridgehead atoms. The molecule has 18 heavy (non-hydrogen) atoms. The minimum absolute atomic E-state index is 0.0594. The Balaban J connectivity index is 1.91. The Hall–Kier alpha value is -1.86. The molecule has 4 nitrogen and oxygen atoms in total. The Kier molecular flexibility index (Phi) is 3.96. The molecule has 0 aromatic heterocycles. The molecule has 1 aliphatic heterocycles. The zero-order chi connectivity index (χ0) is 13.0. The number of benzene rings is 1. The minimum atomic E-state index is 0.0594. The Morgan fingerprint density at radius 3 is 3.06 bits per heavy atom. The molecule has 2 atom stereocenters. The first-order valence-corrected chi connectivity index (χ1v) is 6.18. The summed E-state index contributed by atoms with van der Waals surface area (Å²) in [6.07, 6.45) is 0. The molecule has 1 fully saturated rings. The van der Waals surface area contributed by atoms with E-state index in [2.05, 4.69) is 23.6 Å². The van der Waals surface area contributed by atoms with E-state index in [-0.39, 0.29) is 11.8 Å². The molecule has 2 N–H and O–H groups in total. The van der Waals surface area contributed by atoms with Crippen LogP contribution in [0.3, 0.4) is 0 Å². The molecule has 0 aliphatic carbocycles. The van der Waals surface area contributed by atoms with E-state index in [4.69, 9.17) is 5.26 Å². The van der Waals surface area contributed by atoms with E-state index in [1.165, 1.54) is 0 Å². The van der Waals surface area contributed by atoms with Crippen molar-refractivity contribution in [3.63, 3.8) is 0 Å². The van der Waals surface area contributed by atoms with Gasteiger partial charge in [0.1, 0.15) is 0 Å². The van der Waals surface area contributed by atoms with Crippen LogP contribution in [-0.2, 0) is 11.3 Å².